The molecule has 0 spiro atoms. The summed E-state index contributed by atoms with van der Waals surface area (Å²) in [6, 6.07) is 11.4. The summed E-state index contributed by atoms with van der Waals surface area (Å²) in [7, 11) is 0. The number of nitrogens with zero attached hydrogens (tertiary/aromatic N) is 2. The van der Waals surface area contributed by atoms with E-state index in [1.54, 1.807) is 18.5 Å². The van der Waals surface area contributed by atoms with E-state index in [0.717, 1.165) is 25.6 Å². The summed E-state index contributed by atoms with van der Waals surface area (Å²) < 4.78 is 1.56. The van der Waals surface area contributed by atoms with Crippen molar-refractivity contribution in [3.63, 3.8) is 0 Å². The second-order valence-corrected chi connectivity index (χ2v) is 7.20. The summed E-state index contributed by atoms with van der Waals surface area (Å²) in [6.07, 6.45) is 3.29. The molecular weight excluding hydrogens is 475 g/mol. The summed E-state index contributed by atoms with van der Waals surface area (Å²) in [5.74, 6) is 6.24. The Balaban J connectivity index is 2.22. The maximum Gasteiger partial charge on any atom is 0.145 e. The van der Waals surface area contributed by atoms with Crippen molar-refractivity contribution in [2.24, 2.45) is 0 Å². The minimum Gasteiger partial charge on any atom is -0.243 e. The predicted octanol–water partition coefficient (Wildman–Crippen LogP) is 6.38. The lowest BCUT2D eigenvalue weighted by molar-refractivity contribution is 1.27. The summed E-state index contributed by atoms with van der Waals surface area (Å²) in [6.45, 7) is 0. The maximum atomic E-state index is 6.31. The number of aromatic nitrogens is 2. The van der Waals surface area contributed by atoms with E-state index in [2.05, 4.69) is 53.7 Å². The summed E-state index contributed by atoms with van der Waals surface area (Å²) in [4.78, 5) is 8.24. The van der Waals surface area contributed by atoms with Gasteiger partial charge >= 0.3 is 0 Å². The van der Waals surface area contributed by atoms with Gasteiger partial charge in [-0.25, -0.2) is 9.97 Å². The molecule has 0 atom stereocenters. The molecule has 0 aliphatic rings. The van der Waals surface area contributed by atoms with Gasteiger partial charge in [0.15, 0.2) is 0 Å². The Morgan fingerprint density at radius 3 is 2.33 bits per heavy atom. The van der Waals surface area contributed by atoms with Crippen LogP contribution >= 0.6 is 55.1 Å². The first-order chi connectivity index (χ1) is 11.6. The van der Waals surface area contributed by atoms with Gasteiger partial charge in [-0.1, -0.05) is 53.2 Å². The van der Waals surface area contributed by atoms with Crippen LogP contribution in [0.1, 0.15) is 11.1 Å². The minimum absolute atomic E-state index is 0.330. The molecule has 0 radical (unpaired) electrons. The Labute approximate surface area is 166 Å². The smallest absolute Gasteiger partial charge is 0.145 e. The molecule has 1 aromatic carbocycles. The van der Waals surface area contributed by atoms with Crippen molar-refractivity contribution in [3.8, 4) is 23.0 Å². The number of pyridine rings is 2. The molecule has 0 aliphatic heterocycles. The zero-order chi connectivity index (χ0) is 17.1. The van der Waals surface area contributed by atoms with E-state index in [0.29, 0.717) is 15.9 Å². The van der Waals surface area contributed by atoms with E-state index in [1.165, 1.54) is 0 Å². The van der Waals surface area contributed by atoms with Crippen molar-refractivity contribution in [1.29, 1.82) is 0 Å². The lowest BCUT2D eigenvalue weighted by Crippen LogP contribution is -1.93. The van der Waals surface area contributed by atoms with Crippen molar-refractivity contribution in [2.45, 2.75) is 0 Å². The molecule has 0 unspecified atom stereocenters. The Kier molecular flexibility index (Phi) is 5.57. The minimum atomic E-state index is 0.330. The third kappa shape index (κ3) is 3.81. The van der Waals surface area contributed by atoms with Gasteiger partial charge in [0, 0.05) is 38.0 Å². The van der Waals surface area contributed by atoms with Gasteiger partial charge in [-0.3, -0.25) is 0 Å². The lowest BCUT2D eigenvalue weighted by Gasteiger charge is -2.11. The fourth-order valence-corrected chi connectivity index (χ4v) is 3.38. The molecule has 0 saturated heterocycles. The first-order valence-corrected chi connectivity index (χ1v) is 9.13. The Hall–Kier alpha value is -1.38. The number of hydrogen-bond donors (Lipinski definition) is 0. The molecule has 3 rings (SSSR count). The molecule has 2 heterocycles. The van der Waals surface area contributed by atoms with Crippen LogP contribution in [0.3, 0.4) is 0 Å². The Morgan fingerprint density at radius 2 is 1.58 bits per heavy atom. The molecule has 24 heavy (non-hydrogen) atoms. The average Bonchev–Trinajstić information content (AvgIpc) is 2.59. The number of hydrogen-bond acceptors (Lipinski definition) is 2. The van der Waals surface area contributed by atoms with Gasteiger partial charge in [-0.05, 0) is 50.1 Å². The monoisotopic (exact) mass is 480 g/mol. The molecule has 3 aromatic rings. The highest BCUT2D eigenvalue weighted by Crippen LogP contribution is 2.38. The normalized spacial score (nSPS) is 10.2. The van der Waals surface area contributed by atoms with Crippen molar-refractivity contribution in [2.75, 3.05) is 0 Å². The first kappa shape index (κ1) is 17.4. The molecule has 0 fully saturated rings. The number of rotatable bonds is 1. The second kappa shape index (κ2) is 7.67. The summed E-state index contributed by atoms with van der Waals surface area (Å²) >= 11 is 19.4. The van der Waals surface area contributed by atoms with Crippen LogP contribution in [0.15, 0.2) is 57.7 Å². The molecule has 0 N–H and O–H groups in total. The topological polar surface area (TPSA) is 25.8 Å². The van der Waals surface area contributed by atoms with Crippen LogP contribution in [0, 0.1) is 11.8 Å². The van der Waals surface area contributed by atoms with Crippen molar-refractivity contribution < 1.29 is 0 Å². The van der Waals surface area contributed by atoms with E-state index in [9.17, 15) is 0 Å². The highest BCUT2D eigenvalue weighted by molar-refractivity contribution is 9.11. The van der Waals surface area contributed by atoms with Gasteiger partial charge in [0.1, 0.15) is 10.3 Å². The fourth-order valence-electron chi connectivity index (χ4n) is 2.10. The van der Waals surface area contributed by atoms with E-state index in [4.69, 9.17) is 23.2 Å². The molecule has 2 nitrogen and oxygen atoms in total. The molecule has 6 heteroatoms. The second-order valence-electron chi connectivity index (χ2n) is 4.75. The van der Waals surface area contributed by atoms with Crippen LogP contribution < -0.4 is 0 Å². The van der Waals surface area contributed by atoms with Gasteiger partial charge < -0.3 is 0 Å². The highest BCUT2D eigenvalue weighted by Gasteiger charge is 2.16. The molecule has 2 aromatic heterocycles. The Bertz CT molecular complexity index is 964. The van der Waals surface area contributed by atoms with E-state index >= 15 is 0 Å². The average molecular weight is 483 g/mol. The van der Waals surface area contributed by atoms with Crippen LogP contribution in [-0.4, -0.2) is 9.97 Å². The number of benzene rings is 1. The van der Waals surface area contributed by atoms with Gasteiger partial charge in [-0.2, -0.15) is 0 Å². The van der Waals surface area contributed by atoms with Crippen molar-refractivity contribution >= 4 is 55.1 Å². The van der Waals surface area contributed by atoms with E-state index < -0.39 is 0 Å². The maximum absolute atomic E-state index is 6.31. The van der Waals surface area contributed by atoms with Gasteiger partial charge in [0.2, 0.25) is 0 Å². The van der Waals surface area contributed by atoms with Crippen LogP contribution in [-0.2, 0) is 0 Å². The fraction of sp³-hybridized carbons (Fsp3) is 0. The third-order valence-corrected chi connectivity index (χ3v) is 4.91. The number of halogens is 4. The SMILES string of the molecule is Clc1cc(-c2c(Br)cnc(Cl)c2C#Cc2ccccc2)c(Br)cn1. The van der Waals surface area contributed by atoms with Crippen LogP contribution in [0.2, 0.25) is 10.3 Å². The zero-order valence-electron chi connectivity index (χ0n) is 12.0. The summed E-state index contributed by atoms with van der Waals surface area (Å²) in [5, 5.41) is 0.714. The van der Waals surface area contributed by atoms with Crippen LogP contribution in [0.5, 0.6) is 0 Å². The molecule has 0 aliphatic carbocycles. The third-order valence-electron chi connectivity index (χ3n) is 3.18. The zero-order valence-corrected chi connectivity index (χ0v) is 16.7. The Morgan fingerprint density at radius 1 is 0.875 bits per heavy atom. The summed E-state index contributed by atoms with van der Waals surface area (Å²) in [5.41, 5.74) is 3.17. The van der Waals surface area contributed by atoms with E-state index in [-0.39, 0.29) is 0 Å². The standard InChI is InChI=1S/C18H8Br2Cl2N2/c19-14-9-23-16(21)8-13(14)17-12(18(22)24-10-15(17)20)7-6-11-4-2-1-3-5-11/h1-5,8-10H. The quantitative estimate of drug-likeness (QED) is 0.297. The molecule has 0 amide bonds. The molecule has 0 bridgehead atoms. The van der Waals surface area contributed by atoms with Crippen LogP contribution in [0.25, 0.3) is 11.1 Å². The predicted molar refractivity (Wildman–Crippen MR) is 105 cm³/mol. The molecule has 118 valence electrons. The molecule has 0 saturated carbocycles. The lowest BCUT2D eigenvalue weighted by atomic mass is 10.0. The van der Waals surface area contributed by atoms with Gasteiger partial charge in [0.05, 0.1) is 5.56 Å². The molecular formula is C18H8Br2Cl2N2. The van der Waals surface area contributed by atoms with Gasteiger partial charge in [-0.15, -0.1) is 0 Å². The van der Waals surface area contributed by atoms with Crippen molar-refractivity contribution in [3.05, 3.63) is 79.2 Å². The van der Waals surface area contributed by atoms with E-state index in [1.807, 2.05) is 30.3 Å². The highest BCUT2D eigenvalue weighted by atomic mass is 79.9. The van der Waals surface area contributed by atoms with Crippen molar-refractivity contribution in [1.82, 2.24) is 9.97 Å². The van der Waals surface area contributed by atoms with Gasteiger partial charge in [0.25, 0.3) is 0 Å². The van der Waals surface area contributed by atoms with Crippen LogP contribution in [0.4, 0.5) is 0 Å². The largest absolute Gasteiger partial charge is 0.243 e. The first-order valence-electron chi connectivity index (χ1n) is 6.78.